The highest BCUT2D eigenvalue weighted by Crippen LogP contribution is 2.10. The predicted octanol–water partition coefficient (Wildman–Crippen LogP) is 2.61. The quantitative estimate of drug-likeness (QED) is 0.317. The van der Waals surface area contributed by atoms with Crippen LogP contribution in [-0.4, -0.2) is 38.8 Å². The summed E-state index contributed by atoms with van der Waals surface area (Å²) in [4.78, 5) is 30.8. The highest BCUT2D eigenvalue weighted by atomic mass is 16.4. The smallest absolute Gasteiger partial charge is 0.354 e. The van der Waals surface area contributed by atoms with Crippen molar-refractivity contribution in [3.05, 3.63) is 58.2 Å². The van der Waals surface area contributed by atoms with Crippen LogP contribution in [0.4, 0.5) is 0 Å². The van der Waals surface area contributed by atoms with Crippen molar-refractivity contribution in [2.24, 2.45) is 0 Å². The van der Waals surface area contributed by atoms with Gasteiger partial charge in [0.25, 0.3) is 0 Å². The second-order valence-corrected chi connectivity index (χ2v) is 6.84. The van der Waals surface area contributed by atoms with E-state index in [9.17, 15) is 19.8 Å². The van der Waals surface area contributed by atoms with Gasteiger partial charge in [0, 0.05) is 19.8 Å². The maximum Gasteiger partial charge on any atom is 0.354 e. The minimum absolute atomic E-state index is 0.0545. The Morgan fingerprint density at radius 3 is 1.55 bits per heavy atom. The third-order valence-corrected chi connectivity index (χ3v) is 4.25. The van der Waals surface area contributed by atoms with E-state index in [0.717, 1.165) is 36.8 Å². The lowest BCUT2D eigenvalue weighted by Crippen LogP contribution is -2.29. The summed E-state index contributed by atoms with van der Waals surface area (Å²) >= 11 is 0. The van der Waals surface area contributed by atoms with E-state index in [0.29, 0.717) is 31.1 Å². The van der Waals surface area contributed by atoms with Gasteiger partial charge in [-0.25, -0.2) is 19.6 Å². The molecule has 0 radical (unpaired) electrons. The number of carboxylic acids is 2. The van der Waals surface area contributed by atoms with Crippen LogP contribution in [-0.2, 0) is 25.9 Å². The molecule has 2 rings (SSSR count). The van der Waals surface area contributed by atoms with Crippen LogP contribution in [0.3, 0.4) is 0 Å². The molecule has 8 nitrogen and oxygen atoms in total. The molecule has 0 fully saturated rings. The Morgan fingerprint density at radius 2 is 1.21 bits per heavy atom. The molecule has 8 heteroatoms. The molecule has 0 saturated carbocycles. The first-order chi connectivity index (χ1) is 13.9. The lowest BCUT2D eigenvalue weighted by molar-refractivity contribution is 0.0679. The molecule has 0 spiro atoms. The molecule has 0 atom stereocenters. The third-order valence-electron chi connectivity index (χ3n) is 4.25. The third kappa shape index (κ3) is 7.24. The number of nitrogens with one attached hydrogen (secondary N) is 2. The fraction of sp³-hybridized carbons (Fsp3) is 0.429. The van der Waals surface area contributed by atoms with Crippen molar-refractivity contribution in [1.29, 1.82) is 0 Å². The molecule has 0 saturated heterocycles. The number of hydrogen-bond acceptors (Lipinski definition) is 6. The van der Waals surface area contributed by atoms with Crippen LogP contribution < -0.4 is 10.6 Å². The Kier molecular flexibility index (Phi) is 8.69. The largest absolute Gasteiger partial charge is 0.477 e. The van der Waals surface area contributed by atoms with E-state index in [1.54, 1.807) is 12.1 Å². The fourth-order valence-electron chi connectivity index (χ4n) is 3.04. The second kappa shape index (κ2) is 11.2. The number of nitrogens with zero attached hydrogens (tertiary/aromatic N) is 2. The molecule has 2 aromatic rings. The molecular weight excluding hydrogens is 372 g/mol. The summed E-state index contributed by atoms with van der Waals surface area (Å²) in [6.45, 7) is 5.39. The number of aromatic carboxylic acids is 2. The number of carbonyl (C=O) groups is 2. The summed E-state index contributed by atoms with van der Waals surface area (Å²) in [6.07, 6.45) is 3.47. The van der Waals surface area contributed by atoms with Gasteiger partial charge >= 0.3 is 11.9 Å². The van der Waals surface area contributed by atoms with E-state index in [1.165, 1.54) is 0 Å². The molecule has 0 unspecified atom stereocenters. The first-order valence-electron chi connectivity index (χ1n) is 9.80. The monoisotopic (exact) mass is 400 g/mol. The maximum absolute atomic E-state index is 11.2. The highest BCUT2D eigenvalue weighted by Gasteiger charge is 2.10. The van der Waals surface area contributed by atoms with E-state index in [-0.39, 0.29) is 11.4 Å². The summed E-state index contributed by atoms with van der Waals surface area (Å²) in [5.74, 6) is -2.07. The van der Waals surface area contributed by atoms with Crippen molar-refractivity contribution in [2.75, 3.05) is 6.67 Å². The molecule has 0 bridgehead atoms. The lowest BCUT2D eigenvalue weighted by atomic mass is 10.1. The Labute approximate surface area is 170 Å². The van der Waals surface area contributed by atoms with E-state index < -0.39 is 11.9 Å². The summed E-state index contributed by atoms with van der Waals surface area (Å²) in [5.41, 5.74) is 3.38. The fourth-order valence-corrected chi connectivity index (χ4v) is 3.04. The molecule has 29 heavy (non-hydrogen) atoms. The van der Waals surface area contributed by atoms with Gasteiger partial charge in [0.15, 0.2) is 0 Å². The van der Waals surface area contributed by atoms with Gasteiger partial charge in [-0.3, -0.25) is 10.6 Å². The van der Waals surface area contributed by atoms with Crippen LogP contribution in [0, 0.1) is 0 Å². The van der Waals surface area contributed by atoms with Crippen LogP contribution in [0.15, 0.2) is 24.3 Å². The molecule has 0 aliphatic rings. The lowest BCUT2D eigenvalue weighted by Gasteiger charge is -2.10. The van der Waals surface area contributed by atoms with E-state index in [2.05, 4.69) is 20.6 Å². The Hall–Kier alpha value is -2.84. The van der Waals surface area contributed by atoms with Gasteiger partial charge in [-0.15, -0.1) is 0 Å². The topological polar surface area (TPSA) is 124 Å². The molecule has 2 aromatic heterocycles. The molecule has 156 valence electrons. The van der Waals surface area contributed by atoms with Gasteiger partial charge in [0.2, 0.25) is 0 Å². The van der Waals surface area contributed by atoms with E-state index >= 15 is 0 Å². The van der Waals surface area contributed by atoms with Gasteiger partial charge in [-0.05, 0) is 48.2 Å². The van der Waals surface area contributed by atoms with Crippen molar-refractivity contribution in [3.8, 4) is 0 Å². The number of aromatic nitrogens is 2. The van der Waals surface area contributed by atoms with E-state index in [4.69, 9.17) is 0 Å². The average Bonchev–Trinajstić information content (AvgIpc) is 2.68. The van der Waals surface area contributed by atoms with Crippen molar-refractivity contribution in [1.82, 2.24) is 20.6 Å². The molecule has 0 aliphatic heterocycles. The van der Waals surface area contributed by atoms with Crippen LogP contribution in [0.1, 0.15) is 70.2 Å². The Bertz CT molecular complexity index is 785. The van der Waals surface area contributed by atoms with Crippen LogP contribution >= 0.6 is 0 Å². The summed E-state index contributed by atoms with van der Waals surface area (Å²) < 4.78 is 0. The van der Waals surface area contributed by atoms with Crippen LogP contribution in [0.25, 0.3) is 0 Å². The van der Waals surface area contributed by atoms with Crippen molar-refractivity contribution >= 4 is 11.9 Å². The Balaban J connectivity index is 1.91. The first-order valence-corrected chi connectivity index (χ1v) is 9.80. The van der Waals surface area contributed by atoms with Gasteiger partial charge in [-0.2, -0.15) is 0 Å². The molecular formula is C21H28N4O4. The number of carboxylic acid groups (broad SMARTS) is 2. The number of hydrogen-bond donors (Lipinski definition) is 4. The molecule has 4 N–H and O–H groups in total. The second-order valence-electron chi connectivity index (χ2n) is 6.84. The van der Waals surface area contributed by atoms with Gasteiger partial charge in [-0.1, -0.05) is 26.7 Å². The number of pyridine rings is 2. The van der Waals surface area contributed by atoms with Gasteiger partial charge in [0.05, 0.1) is 11.4 Å². The van der Waals surface area contributed by atoms with Crippen molar-refractivity contribution < 1.29 is 19.8 Å². The summed E-state index contributed by atoms with van der Waals surface area (Å²) in [7, 11) is 0. The van der Waals surface area contributed by atoms with Crippen molar-refractivity contribution in [3.63, 3.8) is 0 Å². The minimum Gasteiger partial charge on any atom is -0.477 e. The normalized spacial score (nSPS) is 10.8. The van der Waals surface area contributed by atoms with Crippen LogP contribution in [0.2, 0.25) is 0 Å². The standard InChI is InChI=1S/C21H28N4O4/c1-3-5-14-7-16(24-18(9-14)20(26)27)11-22-13-23-12-17-8-15(6-4-2)10-19(25-17)21(28)29/h7-10,22-23H,3-6,11-13H2,1-2H3,(H,26,27)(H,28,29). The highest BCUT2D eigenvalue weighted by molar-refractivity contribution is 5.86. The average molecular weight is 400 g/mol. The predicted molar refractivity (Wildman–Crippen MR) is 109 cm³/mol. The molecule has 0 amide bonds. The number of aryl methyl sites for hydroxylation is 2. The summed E-state index contributed by atoms with van der Waals surface area (Å²) in [6, 6.07) is 7.06. The maximum atomic E-state index is 11.2. The SMILES string of the molecule is CCCc1cc(CNCNCc2cc(CCC)cc(C(=O)O)n2)nc(C(=O)O)c1. The van der Waals surface area contributed by atoms with Gasteiger partial charge in [0.1, 0.15) is 11.4 Å². The van der Waals surface area contributed by atoms with Crippen molar-refractivity contribution in [2.45, 2.75) is 52.6 Å². The van der Waals surface area contributed by atoms with Gasteiger partial charge < -0.3 is 10.2 Å². The first kappa shape index (κ1) is 22.4. The number of rotatable bonds is 12. The zero-order valence-electron chi connectivity index (χ0n) is 16.9. The molecule has 0 aliphatic carbocycles. The zero-order valence-corrected chi connectivity index (χ0v) is 16.9. The van der Waals surface area contributed by atoms with E-state index in [1.807, 2.05) is 26.0 Å². The van der Waals surface area contributed by atoms with Crippen LogP contribution in [0.5, 0.6) is 0 Å². The molecule has 2 heterocycles. The molecule has 0 aromatic carbocycles. The zero-order chi connectivity index (χ0) is 21.2. The minimum atomic E-state index is -1.03. The Morgan fingerprint density at radius 1 is 0.793 bits per heavy atom. The summed E-state index contributed by atoms with van der Waals surface area (Å²) in [5, 5.41) is 24.8.